The minimum Gasteiger partial charge on any atom is -0.393 e. The topological polar surface area (TPSA) is 83.8 Å². The third-order valence-corrected chi connectivity index (χ3v) is 4.34. The van der Waals surface area contributed by atoms with E-state index >= 15 is 0 Å². The zero-order valence-corrected chi connectivity index (χ0v) is 12.0. The lowest BCUT2D eigenvalue weighted by molar-refractivity contribution is -0.0510. The zero-order chi connectivity index (χ0) is 15.3. The van der Waals surface area contributed by atoms with E-state index < -0.39 is 28.9 Å². The van der Waals surface area contributed by atoms with E-state index in [4.69, 9.17) is 4.18 Å². The van der Waals surface area contributed by atoms with E-state index in [-0.39, 0.29) is 4.90 Å². The second-order valence-corrected chi connectivity index (χ2v) is 6.20. The monoisotopic (exact) mass is 308 g/mol. The third-order valence-electron chi connectivity index (χ3n) is 3.06. The van der Waals surface area contributed by atoms with Crippen LogP contribution in [0.15, 0.2) is 65.6 Å². The second kappa shape index (κ2) is 6.36. The summed E-state index contributed by atoms with van der Waals surface area (Å²) in [5.41, 5.74) is -1.39. The highest BCUT2D eigenvalue weighted by atomic mass is 32.2. The van der Waals surface area contributed by atoms with Crippen LogP contribution in [0.2, 0.25) is 0 Å². The Balaban J connectivity index is 2.18. The molecule has 0 radical (unpaired) electrons. The Hall–Kier alpha value is -1.73. The first kappa shape index (κ1) is 15.7. The van der Waals surface area contributed by atoms with Crippen molar-refractivity contribution < 1.29 is 22.8 Å². The quantitative estimate of drug-likeness (QED) is 0.785. The molecule has 2 N–H and O–H groups in total. The van der Waals surface area contributed by atoms with Gasteiger partial charge in [-0.3, -0.25) is 4.18 Å². The standard InChI is InChI=1S/C15H16O5S/c16-11-15(17,13-7-3-1-4-8-13)12-20-21(18,19)14-9-5-2-6-10-14/h1-10,16-17H,11-12H2/t15-/m1/s1. The first-order valence-corrected chi connectivity index (χ1v) is 7.72. The fourth-order valence-corrected chi connectivity index (χ4v) is 2.78. The summed E-state index contributed by atoms with van der Waals surface area (Å²) < 4.78 is 28.9. The molecular formula is C15H16O5S. The van der Waals surface area contributed by atoms with Gasteiger partial charge in [-0.2, -0.15) is 8.42 Å². The van der Waals surface area contributed by atoms with Gasteiger partial charge in [0.25, 0.3) is 10.1 Å². The van der Waals surface area contributed by atoms with Crippen LogP contribution in [0, 0.1) is 0 Å². The van der Waals surface area contributed by atoms with E-state index in [0.717, 1.165) is 0 Å². The van der Waals surface area contributed by atoms with E-state index in [9.17, 15) is 18.6 Å². The number of benzene rings is 2. The smallest absolute Gasteiger partial charge is 0.297 e. The van der Waals surface area contributed by atoms with Gasteiger partial charge >= 0.3 is 0 Å². The van der Waals surface area contributed by atoms with Gasteiger partial charge in [0.2, 0.25) is 0 Å². The molecule has 21 heavy (non-hydrogen) atoms. The summed E-state index contributed by atoms with van der Waals surface area (Å²) in [4.78, 5) is -0.00153. The average Bonchev–Trinajstić information content (AvgIpc) is 2.54. The molecule has 0 saturated heterocycles. The lowest BCUT2D eigenvalue weighted by Gasteiger charge is -2.25. The Labute approximate surface area is 123 Å². The minimum atomic E-state index is -3.98. The van der Waals surface area contributed by atoms with E-state index in [1.807, 2.05) is 0 Å². The highest BCUT2D eigenvalue weighted by molar-refractivity contribution is 7.86. The average molecular weight is 308 g/mol. The maximum atomic E-state index is 12.0. The maximum absolute atomic E-state index is 12.0. The molecule has 0 aliphatic rings. The molecule has 0 heterocycles. The molecule has 2 aromatic carbocycles. The normalized spacial score (nSPS) is 14.6. The Morgan fingerprint density at radius 1 is 0.952 bits per heavy atom. The molecule has 0 aromatic heterocycles. The van der Waals surface area contributed by atoms with Crippen molar-refractivity contribution >= 4 is 10.1 Å². The molecule has 0 bridgehead atoms. The molecular weight excluding hydrogens is 292 g/mol. The van der Waals surface area contributed by atoms with Crippen LogP contribution in [0.3, 0.4) is 0 Å². The van der Waals surface area contributed by atoms with E-state index in [1.165, 1.54) is 12.1 Å². The number of hydrogen-bond donors (Lipinski definition) is 2. The summed E-state index contributed by atoms with van der Waals surface area (Å²) in [5.74, 6) is 0. The maximum Gasteiger partial charge on any atom is 0.297 e. The van der Waals surface area contributed by atoms with Gasteiger partial charge in [0.15, 0.2) is 0 Å². The van der Waals surface area contributed by atoms with Crippen LogP contribution >= 0.6 is 0 Å². The van der Waals surface area contributed by atoms with Crippen LogP contribution in [0.4, 0.5) is 0 Å². The van der Waals surface area contributed by atoms with E-state index in [1.54, 1.807) is 48.5 Å². The van der Waals surface area contributed by atoms with Crippen LogP contribution in [-0.4, -0.2) is 31.8 Å². The van der Waals surface area contributed by atoms with Gasteiger partial charge < -0.3 is 10.2 Å². The molecule has 1 atom stereocenters. The fraction of sp³-hybridized carbons (Fsp3) is 0.200. The zero-order valence-electron chi connectivity index (χ0n) is 11.2. The Morgan fingerprint density at radius 3 is 2.00 bits per heavy atom. The fourth-order valence-electron chi connectivity index (χ4n) is 1.80. The SMILES string of the molecule is O=S(=O)(OC[C@](O)(CO)c1ccccc1)c1ccccc1. The van der Waals surface area contributed by atoms with Gasteiger partial charge in [-0.1, -0.05) is 48.5 Å². The predicted octanol–water partition coefficient (Wildman–Crippen LogP) is 1.27. The largest absolute Gasteiger partial charge is 0.393 e. The van der Waals surface area contributed by atoms with Gasteiger partial charge in [-0.15, -0.1) is 0 Å². The Bertz CT molecular complexity index is 670. The molecule has 2 aromatic rings. The van der Waals surface area contributed by atoms with Crippen molar-refractivity contribution in [1.29, 1.82) is 0 Å². The highest BCUT2D eigenvalue weighted by Crippen LogP contribution is 2.23. The first-order valence-electron chi connectivity index (χ1n) is 6.31. The van der Waals surface area contributed by atoms with Crippen LogP contribution in [-0.2, 0) is 19.9 Å². The number of rotatable bonds is 6. The lowest BCUT2D eigenvalue weighted by Crippen LogP contribution is -2.36. The molecule has 0 fully saturated rings. The van der Waals surface area contributed by atoms with Crippen LogP contribution in [0.1, 0.15) is 5.56 Å². The molecule has 0 amide bonds. The summed E-state index contributed by atoms with van der Waals surface area (Å²) in [6.45, 7) is -1.22. The van der Waals surface area contributed by atoms with Gasteiger partial charge in [-0.25, -0.2) is 0 Å². The second-order valence-electron chi connectivity index (χ2n) is 4.59. The van der Waals surface area contributed by atoms with Gasteiger partial charge in [0, 0.05) is 0 Å². The molecule has 6 heteroatoms. The number of aliphatic hydroxyl groups is 2. The van der Waals surface area contributed by atoms with Crippen molar-refractivity contribution in [3.63, 3.8) is 0 Å². The van der Waals surface area contributed by atoms with Gasteiger partial charge in [0.1, 0.15) is 12.2 Å². The summed E-state index contributed by atoms with van der Waals surface area (Å²) in [7, 11) is -3.98. The first-order chi connectivity index (χ1) is 9.98. The molecule has 5 nitrogen and oxygen atoms in total. The lowest BCUT2D eigenvalue weighted by atomic mass is 9.96. The summed E-state index contributed by atoms with van der Waals surface area (Å²) >= 11 is 0. The Kier molecular flexibility index (Phi) is 4.74. The van der Waals surface area contributed by atoms with Crippen molar-refractivity contribution in [2.45, 2.75) is 10.5 Å². The molecule has 2 rings (SSSR count). The highest BCUT2D eigenvalue weighted by Gasteiger charge is 2.31. The third kappa shape index (κ3) is 3.68. The van der Waals surface area contributed by atoms with Crippen LogP contribution in [0.25, 0.3) is 0 Å². The van der Waals surface area contributed by atoms with Crippen molar-refractivity contribution in [1.82, 2.24) is 0 Å². The van der Waals surface area contributed by atoms with Crippen molar-refractivity contribution in [2.24, 2.45) is 0 Å². The van der Waals surface area contributed by atoms with Crippen LogP contribution in [0.5, 0.6) is 0 Å². The molecule has 0 saturated carbocycles. The molecule has 0 aliphatic heterocycles. The molecule has 0 spiro atoms. The van der Waals surface area contributed by atoms with Crippen molar-refractivity contribution in [2.75, 3.05) is 13.2 Å². The van der Waals surface area contributed by atoms with E-state index in [2.05, 4.69) is 0 Å². The summed E-state index contributed by atoms with van der Waals surface area (Å²) in [5, 5.41) is 19.7. The van der Waals surface area contributed by atoms with Gasteiger partial charge in [-0.05, 0) is 17.7 Å². The van der Waals surface area contributed by atoms with E-state index in [0.29, 0.717) is 5.56 Å². The van der Waals surface area contributed by atoms with Gasteiger partial charge in [0.05, 0.1) is 11.5 Å². The summed E-state index contributed by atoms with van der Waals surface area (Å²) in [6, 6.07) is 15.9. The molecule has 0 aliphatic carbocycles. The molecule has 0 unspecified atom stereocenters. The predicted molar refractivity (Wildman–Crippen MR) is 77.0 cm³/mol. The van der Waals surface area contributed by atoms with Crippen molar-refractivity contribution in [3.8, 4) is 0 Å². The minimum absolute atomic E-state index is 0.00153. The summed E-state index contributed by atoms with van der Waals surface area (Å²) in [6.07, 6.45) is 0. The number of hydrogen-bond acceptors (Lipinski definition) is 5. The molecule has 112 valence electrons. The Morgan fingerprint density at radius 2 is 1.48 bits per heavy atom. The van der Waals surface area contributed by atoms with Crippen molar-refractivity contribution in [3.05, 3.63) is 66.2 Å². The number of aliphatic hydroxyl groups excluding tert-OH is 1. The van der Waals surface area contributed by atoms with Crippen LogP contribution < -0.4 is 0 Å².